The predicted octanol–water partition coefficient (Wildman–Crippen LogP) is 2.84. The number of hydrogen-bond acceptors (Lipinski definition) is 3. The Morgan fingerprint density at radius 1 is 0.720 bits per heavy atom. The maximum absolute atomic E-state index is 10.9. The molecule has 138 valence electrons. The van der Waals surface area contributed by atoms with E-state index in [2.05, 4.69) is 6.92 Å². The zero-order valence-corrected chi connectivity index (χ0v) is 17.0. The van der Waals surface area contributed by atoms with Gasteiger partial charge in [-0.1, -0.05) is 89.7 Å². The molecule has 0 heterocycles. The Bertz CT molecular complexity index is 526. The first-order chi connectivity index (χ1) is 11.5. The minimum Gasteiger partial charge on any atom is -0.744 e. The molecule has 5 heteroatoms. The maximum atomic E-state index is 10.9. The van der Waals surface area contributed by atoms with Crippen molar-refractivity contribution in [3.05, 3.63) is 29.8 Å². The van der Waals surface area contributed by atoms with Gasteiger partial charge in [0.2, 0.25) is 0 Å². The number of rotatable bonds is 14. The summed E-state index contributed by atoms with van der Waals surface area (Å²) in [6.07, 6.45) is 16.9. The van der Waals surface area contributed by atoms with Crippen molar-refractivity contribution in [3.63, 3.8) is 0 Å². The zero-order valence-electron chi connectivity index (χ0n) is 16.1. The Kier molecular flexibility index (Phi) is 14.7. The topological polar surface area (TPSA) is 57.2 Å². The van der Waals surface area contributed by atoms with Gasteiger partial charge in [0.25, 0.3) is 0 Å². The van der Waals surface area contributed by atoms with Crippen LogP contribution in [0.4, 0.5) is 0 Å². The van der Waals surface area contributed by atoms with E-state index in [0.29, 0.717) is 0 Å². The smallest absolute Gasteiger partial charge is 0.744 e. The fourth-order valence-corrected chi connectivity index (χ4v) is 3.46. The molecule has 0 fully saturated rings. The Balaban J connectivity index is 0.00000576. The second kappa shape index (κ2) is 14.9. The minimum atomic E-state index is -4.32. The summed E-state index contributed by atoms with van der Waals surface area (Å²) in [5.74, 6) is 0. The summed E-state index contributed by atoms with van der Waals surface area (Å²) < 4.78 is 32.6. The molecule has 0 aliphatic heterocycles. The van der Waals surface area contributed by atoms with Gasteiger partial charge in [0.05, 0.1) is 4.90 Å². The van der Waals surface area contributed by atoms with Crippen LogP contribution in [0.2, 0.25) is 0 Å². The van der Waals surface area contributed by atoms with E-state index in [-0.39, 0.29) is 23.8 Å². The molecule has 0 saturated heterocycles. The molecular formula is C20H33LiO3S. The van der Waals surface area contributed by atoms with Gasteiger partial charge in [0.1, 0.15) is 10.1 Å². The average Bonchev–Trinajstić information content (AvgIpc) is 2.55. The number of unbranched alkanes of at least 4 members (excludes halogenated alkanes) is 11. The molecular weight excluding hydrogens is 327 g/mol. The average molecular weight is 360 g/mol. The maximum Gasteiger partial charge on any atom is 1.00 e. The standard InChI is InChI=1S/C20H34O3S.Li/c1-2-3-4-5-6-7-8-9-10-11-12-13-14-19-15-17-20(18-16-19)24(21,22)23;/h15-18H,2-14H2,1H3,(H,21,22,23);/q;+1/p-1. The van der Waals surface area contributed by atoms with Crippen LogP contribution in [0.5, 0.6) is 0 Å². The molecule has 0 aliphatic rings. The van der Waals surface area contributed by atoms with Crippen molar-refractivity contribution in [1.29, 1.82) is 0 Å². The van der Waals surface area contributed by atoms with Crippen molar-refractivity contribution >= 4 is 10.1 Å². The van der Waals surface area contributed by atoms with Crippen LogP contribution in [-0.2, 0) is 16.5 Å². The summed E-state index contributed by atoms with van der Waals surface area (Å²) in [6.45, 7) is 2.26. The third-order valence-corrected chi connectivity index (χ3v) is 5.38. The summed E-state index contributed by atoms with van der Waals surface area (Å²) >= 11 is 0. The first-order valence-electron chi connectivity index (χ1n) is 9.59. The molecule has 0 aromatic heterocycles. The molecule has 1 rings (SSSR count). The molecule has 3 nitrogen and oxygen atoms in total. The van der Waals surface area contributed by atoms with Gasteiger partial charge in [0, 0.05) is 0 Å². The van der Waals surface area contributed by atoms with Crippen LogP contribution < -0.4 is 18.9 Å². The van der Waals surface area contributed by atoms with Gasteiger partial charge < -0.3 is 4.55 Å². The van der Waals surface area contributed by atoms with Gasteiger partial charge in [0.15, 0.2) is 0 Å². The summed E-state index contributed by atoms with van der Waals surface area (Å²) in [5, 5.41) is 0. The van der Waals surface area contributed by atoms with Crippen molar-refractivity contribution in [2.75, 3.05) is 0 Å². The quantitative estimate of drug-likeness (QED) is 0.291. The SMILES string of the molecule is CCCCCCCCCCCCCCc1ccc(S(=O)(=O)[O-])cc1.[Li+]. The number of hydrogen-bond donors (Lipinski definition) is 0. The van der Waals surface area contributed by atoms with Crippen LogP contribution in [0.3, 0.4) is 0 Å². The van der Waals surface area contributed by atoms with Crippen molar-refractivity contribution in [1.82, 2.24) is 0 Å². The largest absolute Gasteiger partial charge is 1.00 e. The molecule has 0 unspecified atom stereocenters. The molecule has 0 N–H and O–H groups in total. The summed E-state index contributed by atoms with van der Waals surface area (Å²) in [5.41, 5.74) is 1.11. The molecule has 0 aliphatic carbocycles. The third-order valence-electron chi connectivity index (χ3n) is 4.53. The molecule has 0 bridgehead atoms. The number of aryl methyl sites for hydroxylation is 1. The minimum absolute atomic E-state index is 0. The van der Waals surface area contributed by atoms with Gasteiger partial charge in [-0.05, 0) is 30.5 Å². The van der Waals surface area contributed by atoms with Crippen LogP contribution >= 0.6 is 0 Å². The monoisotopic (exact) mass is 360 g/mol. The third kappa shape index (κ3) is 12.7. The van der Waals surface area contributed by atoms with Gasteiger partial charge in [-0.3, -0.25) is 0 Å². The first-order valence-corrected chi connectivity index (χ1v) is 11.0. The fraction of sp³-hybridized carbons (Fsp3) is 0.700. The van der Waals surface area contributed by atoms with E-state index in [9.17, 15) is 13.0 Å². The summed E-state index contributed by atoms with van der Waals surface area (Å²) in [4.78, 5) is -0.138. The Labute approximate surface area is 166 Å². The van der Waals surface area contributed by atoms with E-state index in [1.807, 2.05) is 0 Å². The van der Waals surface area contributed by atoms with Crippen LogP contribution in [0, 0.1) is 0 Å². The fourth-order valence-electron chi connectivity index (χ4n) is 2.99. The van der Waals surface area contributed by atoms with Crippen LogP contribution in [-0.4, -0.2) is 13.0 Å². The van der Waals surface area contributed by atoms with E-state index in [4.69, 9.17) is 0 Å². The Morgan fingerprint density at radius 2 is 1.12 bits per heavy atom. The molecule has 0 atom stereocenters. The molecule has 0 spiro atoms. The van der Waals surface area contributed by atoms with Crippen LogP contribution in [0.15, 0.2) is 29.2 Å². The van der Waals surface area contributed by atoms with E-state index in [0.717, 1.165) is 18.4 Å². The zero-order chi connectivity index (χ0) is 17.7. The van der Waals surface area contributed by atoms with Gasteiger partial charge in [-0.15, -0.1) is 0 Å². The molecule has 1 aromatic carbocycles. The summed E-state index contributed by atoms with van der Waals surface area (Å²) in [7, 11) is -4.32. The Morgan fingerprint density at radius 3 is 1.52 bits per heavy atom. The van der Waals surface area contributed by atoms with Gasteiger partial charge in [-0.2, -0.15) is 0 Å². The predicted molar refractivity (Wildman–Crippen MR) is 99.2 cm³/mol. The van der Waals surface area contributed by atoms with Crippen molar-refractivity contribution < 1.29 is 31.8 Å². The van der Waals surface area contributed by atoms with E-state index in [1.54, 1.807) is 12.1 Å². The van der Waals surface area contributed by atoms with Gasteiger partial charge >= 0.3 is 18.9 Å². The van der Waals surface area contributed by atoms with Crippen molar-refractivity contribution in [2.24, 2.45) is 0 Å². The molecule has 0 radical (unpaired) electrons. The van der Waals surface area contributed by atoms with E-state index in [1.165, 1.54) is 82.8 Å². The van der Waals surface area contributed by atoms with Gasteiger partial charge in [-0.25, -0.2) is 8.42 Å². The van der Waals surface area contributed by atoms with Crippen LogP contribution in [0.1, 0.15) is 89.5 Å². The normalized spacial score (nSPS) is 11.3. The number of benzene rings is 1. The molecule has 0 amide bonds. The second-order valence-electron chi connectivity index (χ2n) is 6.74. The Hall–Kier alpha value is -0.273. The molecule has 1 aromatic rings. The second-order valence-corrected chi connectivity index (χ2v) is 8.12. The van der Waals surface area contributed by atoms with E-state index < -0.39 is 10.1 Å². The van der Waals surface area contributed by atoms with Crippen molar-refractivity contribution in [2.45, 2.75) is 95.3 Å². The van der Waals surface area contributed by atoms with Crippen molar-refractivity contribution in [3.8, 4) is 0 Å². The first kappa shape index (κ1) is 24.7. The van der Waals surface area contributed by atoms with Crippen LogP contribution in [0.25, 0.3) is 0 Å². The molecule has 25 heavy (non-hydrogen) atoms. The molecule has 0 saturated carbocycles. The van der Waals surface area contributed by atoms with E-state index >= 15 is 0 Å². The summed E-state index contributed by atoms with van der Waals surface area (Å²) in [6, 6.07) is 6.34.